The monoisotopic (exact) mass is 451 g/mol. The average molecular weight is 452 g/mol. The van der Waals surface area contributed by atoms with Crippen LogP contribution in [0.2, 0.25) is 0 Å². The number of amides is 1. The number of nitrogens with one attached hydrogen (secondary N) is 3. The molecule has 0 atom stereocenters. The normalized spacial score (nSPS) is 12.1. The number of hydrogen-bond donors (Lipinski definition) is 3. The van der Waals surface area contributed by atoms with E-state index in [9.17, 15) is 4.79 Å². The second-order valence-corrected chi connectivity index (χ2v) is 10.0. The Hall–Kier alpha value is -3.03. The van der Waals surface area contributed by atoms with Crippen LogP contribution < -0.4 is 5.32 Å². The first-order chi connectivity index (χ1) is 15.5. The zero-order chi connectivity index (χ0) is 24.2. The molecule has 0 aliphatic heterocycles. The number of carbonyl (C=O) groups is 1. The van der Waals surface area contributed by atoms with Gasteiger partial charge in [-0.2, -0.15) is 0 Å². The number of aromatic amines is 2. The van der Waals surface area contributed by atoms with Crippen molar-refractivity contribution in [2.75, 3.05) is 33.5 Å². The van der Waals surface area contributed by atoms with E-state index >= 15 is 0 Å². The van der Waals surface area contributed by atoms with Gasteiger partial charge in [0, 0.05) is 41.6 Å². The minimum absolute atomic E-state index is 0.0207. The summed E-state index contributed by atoms with van der Waals surface area (Å²) in [5.74, 6) is 0.0207. The molecular weight excluding hydrogens is 414 g/mol. The third-order valence-electron chi connectivity index (χ3n) is 5.02. The van der Waals surface area contributed by atoms with Gasteiger partial charge in [-0.1, -0.05) is 12.1 Å². The van der Waals surface area contributed by atoms with E-state index in [4.69, 9.17) is 4.74 Å². The number of aromatic nitrogens is 2. The van der Waals surface area contributed by atoms with Gasteiger partial charge in [0.1, 0.15) is 5.60 Å². The Morgan fingerprint density at radius 3 is 1.76 bits per heavy atom. The predicted molar refractivity (Wildman–Crippen MR) is 134 cm³/mol. The molecule has 0 unspecified atom stereocenters. The van der Waals surface area contributed by atoms with Crippen LogP contribution in [0.3, 0.4) is 0 Å². The van der Waals surface area contributed by atoms with Crippen molar-refractivity contribution in [3.63, 3.8) is 0 Å². The van der Waals surface area contributed by atoms with Crippen molar-refractivity contribution in [3.8, 4) is 0 Å². The van der Waals surface area contributed by atoms with Crippen LogP contribution in [0.4, 0.5) is 10.5 Å². The molecule has 7 heteroatoms. The van der Waals surface area contributed by atoms with Gasteiger partial charge in [-0.15, -0.1) is 0 Å². The number of hydrogen-bond acceptors (Lipinski definition) is 4. The minimum atomic E-state index is -0.537. The Bertz CT molecular complexity index is 993. The highest BCUT2D eigenvalue weighted by Gasteiger charge is 2.21. The third-order valence-corrected chi connectivity index (χ3v) is 5.02. The quantitative estimate of drug-likeness (QED) is 0.451. The molecule has 3 rings (SSSR count). The molecule has 33 heavy (non-hydrogen) atoms. The smallest absolute Gasteiger partial charge is 0.412 e. The average Bonchev–Trinajstić information content (AvgIpc) is 3.31. The molecule has 0 saturated heterocycles. The lowest BCUT2D eigenvalue weighted by Crippen LogP contribution is -2.27. The van der Waals surface area contributed by atoms with E-state index < -0.39 is 11.7 Å². The van der Waals surface area contributed by atoms with Gasteiger partial charge >= 0.3 is 6.09 Å². The zero-order valence-corrected chi connectivity index (χ0v) is 20.8. The standard InChI is InChI=1S/C26H37N5O2/c1-26(2,3)33-25(32)29-19-10-8-18(9-11-19)24(22-14-12-20(27-22)16-30(4)5)23-15-13-21(28-23)17-31(6)7/h8-15,24,27-28H,16-17H2,1-7H3,(H,29,32). The first-order valence-electron chi connectivity index (χ1n) is 11.2. The molecule has 2 aromatic heterocycles. The van der Waals surface area contributed by atoms with Crippen molar-refractivity contribution in [3.05, 3.63) is 76.9 Å². The maximum absolute atomic E-state index is 12.1. The van der Waals surface area contributed by atoms with Gasteiger partial charge in [-0.25, -0.2) is 4.79 Å². The van der Waals surface area contributed by atoms with E-state index in [0.717, 1.165) is 30.0 Å². The molecule has 0 radical (unpaired) electrons. The van der Waals surface area contributed by atoms with Crippen LogP contribution in [0.1, 0.15) is 55.0 Å². The van der Waals surface area contributed by atoms with Crippen molar-refractivity contribution in [2.24, 2.45) is 0 Å². The molecule has 3 N–H and O–H groups in total. The SMILES string of the molecule is CN(C)Cc1ccc(C(c2ccc(NC(=O)OC(C)(C)C)cc2)c2ccc(CN(C)C)[nH]2)[nH]1. The van der Waals surface area contributed by atoms with Gasteiger partial charge in [0.25, 0.3) is 0 Å². The maximum Gasteiger partial charge on any atom is 0.412 e. The minimum Gasteiger partial charge on any atom is -0.444 e. The lowest BCUT2D eigenvalue weighted by Gasteiger charge is -2.20. The van der Waals surface area contributed by atoms with Gasteiger partial charge in [-0.05, 0) is 90.9 Å². The molecule has 0 bridgehead atoms. The summed E-state index contributed by atoms with van der Waals surface area (Å²) in [7, 11) is 8.25. The van der Waals surface area contributed by atoms with Gasteiger partial charge in [0.05, 0.1) is 5.92 Å². The fourth-order valence-corrected chi connectivity index (χ4v) is 3.83. The highest BCUT2D eigenvalue weighted by Crippen LogP contribution is 2.32. The highest BCUT2D eigenvalue weighted by atomic mass is 16.6. The van der Waals surface area contributed by atoms with E-state index in [1.165, 1.54) is 11.4 Å². The number of benzene rings is 1. The number of carbonyl (C=O) groups excluding carboxylic acids is 1. The molecule has 1 aromatic carbocycles. The molecule has 1 amide bonds. The van der Waals surface area contributed by atoms with E-state index in [1.54, 1.807) is 0 Å². The van der Waals surface area contributed by atoms with Crippen LogP contribution in [0.5, 0.6) is 0 Å². The number of nitrogens with zero attached hydrogens (tertiary/aromatic N) is 2. The van der Waals surface area contributed by atoms with Crippen LogP contribution >= 0.6 is 0 Å². The summed E-state index contributed by atoms with van der Waals surface area (Å²) >= 11 is 0. The summed E-state index contributed by atoms with van der Waals surface area (Å²) in [6.07, 6.45) is -0.456. The summed E-state index contributed by atoms with van der Waals surface area (Å²) < 4.78 is 5.36. The fraction of sp³-hybridized carbons (Fsp3) is 0.423. The zero-order valence-electron chi connectivity index (χ0n) is 20.8. The van der Waals surface area contributed by atoms with Gasteiger partial charge < -0.3 is 24.5 Å². The summed E-state index contributed by atoms with van der Waals surface area (Å²) in [6.45, 7) is 7.25. The fourth-order valence-electron chi connectivity index (χ4n) is 3.83. The van der Waals surface area contributed by atoms with E-state index in [0.29, 0.717) is 5.69 Å². The summed E-state index contributed by atoms with van der Waals surface area (Å²) in [5.41, 5.74) is 5.88. The second-order valence-electron chi connectivity index (χ2n) is 10.0. The summed E-state index contributed by atoms with van der Waals surface area (Å²) in [5, 5.41) is 2.81. The van der Waals surface area contributed by atoms with E-state index in [1.807, 2.05) is 32.9 Å². The van der Waals surface area contributed by atoms with Gasteiger partial charge in [-0.3, -0.25) is 5.32 Å². The van der Waals surface area contributed by atoms with E-state index in [-0.39, 0.29) is 5.92 Å². The van der Waals surface area contributed by atoms with Gasteiger partial charge in [0.2, 0.25) is 0 Å². The molecule has 0 aliphatic rings. The lowest BCUT2D eigenvalue weighted by atomic mass is 9.92. The number of anilines is 1. The highest BCUT2D eigenvalue weighted by molar-refractivity contribution is 5.84. The number of H-pyrrole nitrogens is 2. The van der Waals surface area contributed by atoms with Crippen molar-refractivity contribution >= 4 is 11.8 Å². The molecule has 2 heterocycles. The molecule has 178 valence electrons. The van der Waals surface area contributed by atoms with Crippen molar-refractivity contribution in [1.82, 2.24) is 19.8 Å². The Labute approximate surface area is 197 Å². The largest absolute Gasteiger partial charge is 0.444 e. The molecule has 0 saturated carbocycles. The number of ether oxygens (including phenoxy) is 1. The first-order valence-corrected chi connectivity index (χ1v) is 11.2. The Kier molecular flexibility index (Phi) is 7.66. The van der Waals surface area contributed by atoms with Crippen LogP contribution in [0.25, 0.3) is 0 Å². The molecule has 7 nitrogen and oxygen atoms in total. The van der Waals surface area contributed by atoms with Crippen LogP contribution in [0, 0.1) is 0 Å². The van der Waals surface area contributed by atoms with Crippen molar-refractivity contribution in [1.29, 1.82) is 0 Å². The number of rotatable bonds is 8. The Morgan fingerprint density at radius 2 is 1.33 bits per heavy atom. The second kappa shape index (κ2) is 10.3. The van der Waals surface area contributed by atoms with Gasteiger partial charge in [0.15, 0.2) is 0 Å². The topological polar surface area (TPSA) is 76.4 Å². The van der Waals surface area contributed by atoms with Crippen LogP contribution in [0.15, 0.2) is 48.5 Å². The molecule has 3 aromatic rings. The Balaban J connectivity index is 1.88. The Morgan fingerprint density at radius 1 is 0.848 bits per heavy atom. The van der Waals surface area contributed by atoms with E-state index in [2.05, 4.69) is 89.7 Å². The molecular formula is C26H37N5O2. The summed E-state index contributed by atoms with van der Waals surface area (Å²) in [6, 6.07) is 16.5. The van der Waals surface area contributed by atoms with Crippen LogP contribution in [-0.2, 0) is 17.8 Å². The third kappa shape index (κ3) is 7.23. The molecule has 0 spiro atoms. The summed E-state index contributed by atoms with van der Waals surface area (Å²) in [4.78, 5) is 23.6. The lowest BCUT2D eigenvalue weighted by molar-refractivity contribution is 0.0636. The maximum atomic E-state index is 12.1. The van der Waals surface area contributed by atoms with Crippen molar-refractivity contribution < 1.29 is 9.53 Å². The van der Waals surface area contributed by atoms with Crippen molar-refractivity contribution in [2.45, 2.75) is 45.4 Å². The first kappa shape index (κ1) is 24.6. The predicted octanol–water partition coefficient (Wildman–Crippen LogP) is 4.99. The molecule has 0 aliphatic carbocycles. The van der Waals surface area contributed by atoms with Crippen LogP contribution in [-0.4, -0.2) is 59.7 Å². The molecule has 0 fully saturated rings.